The number of Topliss-reactive ketones (excluding diaryl/α,β-unsaturated/α-hetero) is 1. The molecule has 2 aromatic rings. The van der Waals surface area contributed by atoms with Gasteiger partial charge in [0, 0.05) is 99.2 Å². The van der Waals surface area contributed by atoms with Gasteiger partial charge < -0.3 is 19.6 Å². The molecule has 1 saturated carbocycles. The first-order valence-electron chi connectivity index (χ1n) is 21.6. The van der Waals surface area contributed by atoms with E-state index < -0.39 is 15.3 Å². The molecular weight excluding hydrogens is 758 g/mol. The molecule has 1 unspecified atom stereocenters. The van der Waals surface area contributed by atoms with Crippen molar-refractivity contribution in [3.8, 4) is 5.75 Å². The zero-order valence-corrected chi connectivity index (χ0v) is 35.9. The monoisotopic (exact) mass is 821 g/mol. The van der Waals surface area contributed by atoms with Gasteiger partial charge in [-0.3, -0.25) is 24.1 Å². The van der Waals surface area contributed by atoms with Crippen LogP contribution >= 0.6 is 11.6 Å². The number of piperazine rings is 2. The van der Waals surface area contributed by atoms with Crippen molar-refractivity contribution in [3.63, 3.8) is 0 Å². The molecule has 6 aliphatic rings. The highest BCUT2D eigenvalue weighted by Gasteiger charge is 2.50. The third-order valence-electron chi connectivity index (χ3n) is 14.9. The molecule has 0 aromatic heterocycles. The van der Waals surface area contributed by atoms with E-state index in [-0.39, 0.29) is 40.1 Å². The highest BCUT2D eigenvalue weighted by Crippen LogP contribution is 2.49. The molecule has 0 radical (unpaired) electrons. The summed E-state index contributed by atoms with van der Waals surface area (Å²) in [7, 11) is -2.97. The molecule has 3 fully saturated rings. The Morgan fingerprint density at radius 2 is 1.81 bits per heavy atom. The van der Waals surface area contributed by atoms with Crippen LogP contribution in [0.3, 0.4) is 0 Å². The van der Waals surface area contributed by atoms with Gasteiger partial charge in [-0.1, -0.05) is 31.0 Å². The van der Waals surface area contributed by atoms with Crippen LogP contribution in [0.15, 0.2) is 36.4 Å². The number of ketones is 1. The van der Waals surface area contributed by atoms with Gasteiger partial charge in [0.25, 0.3) is 5.91 Å². The highest BCUT2D eigenvalue weighted by atomic mass is 35.5. The van der Waals surface area contributed by atoms with Crippen LogP contribution in [0, 0.1) is 17.8 Å². The van der Waals surface area contributed by atoms with Gasteiger partial charge in [-0.05, 0) is 124 Å². The van der Waals surface area contributed by atoms with Crippen LogP contribution in [-0.4, -0.2) is 131 Å². The molecule has 2 aliphatic carbocycles. The van der Waals surface area contributed by atoms with Crippen LogP contribution in [0.1, 0.15) is 93.6 Å². The standard InChI is InChI=1S/C45H64ClN5O5S/c1-31-7-5-17-45(54,29-49-20-22-50-21-19-48(18-15-32(2)52)26-38(50)27-49)40-12-9-36(40)25-51-28-44(16-6-8-34-23-37(46)11-13-39(34)44)30-56-42-14-10-35(24-41(42)51)43(53)47-57(4,55)33(31)3/h10-11,13-14,23-24,31,33,36,38,40,54H,4-9,12,15-22,25-30H2,1-3H3,(H,47,53,55)/t31-,33+,36-,38+,40+,44-,45-,57?/m0/s1. The summed E-state index contributed by atoms with van der Waals surface area (Å²) in [5.41, 5.74) is 2.75. The first-order chi connectivity index (χ1) is 27.2. The van der Waals surface area contributed by atoms with E-state index in [1.807, 2.05) is 25.1 Å². The van der Waals surface area contributed by atoms with Crippen molar-refractivity contribution in [1.82, 2.24) is 19.4 Å². The number of anilines is 1. The first kappa shape index (κ1) is 41.1. The summed E-state index contributed by atoms with van der Waals surface area (Å²) in [5, 5.41) is 13.6. The number of rotatable bonds is 5. The average Bonchev–Trinajstić information content (AvgIpc) is 3.31. The summed E-state index contributed by atoms with van der Waals surface area (Å²) in [6, 6.07) is 12.3. The van der Waals surface area contributed by atoms with E-state index in [9.17, 15) is 18.9 Å². The van der Waals surface area contributed by atoms with Crippen molar-refractivity contribution in [2.45, 2.75) is 101 Å². The van der Waals surface area contributed by atoms with Crippen LogP contribution in [0.4, 0.5) is 5.69 Å². The Bertz CT molecular complexity index is 1950. The minimum absolute atomic E-state index is 0.0387. The van der Waals surface area contributed by atoms with Crippen molar-refractivity contribution in [3.05, 3.63) is 58.1 Å². The number of benzene rings is 2. The Kier molecular flexibility index (Phi) is 11.8. The number of ether oxygens (including phenoxy) is 1. The molecular formula is C45H64ClN5O5S. The maximum Gasteiger partial charge on any atom is 0.262 e. The summed E-state index contributed by atoms with van der Waals surface area (Å²) in [5.74, 6) is 5.12. The van der Waals surface area contributed by atoms with Gasteiger partial charge in [-0.15, -0.1) is 0 Å². The second-order valence-electron chi connectivity index (χ2n) is 18.7. The summed E-state index contributed by atoms with van der Waals surface area (Å²) in [6.07, 6.45) is 7.90. The van der Waals surface area contributed by atoms with Gasteiger partial charge in [0.05, 0.1) is 27.6 Å². The van der Waals surface area contributed by atoms with E-state index in [4.69, 9.17) is 16.3 Å². The Morgan fingerprint density at radius 3 is 2.58 bits per heavy atom. The van der Waals surface area contributed by atoms with E-state index in [0.717, 1.165) is 120 Å². The fourth-order valence-electron chi connectivity index (χ4n) is 11.2. The van der Waals surface area contributed by atoms with Crippen LogP contribution < -0.4 is 14.4 Å². The van der Waals surface area contributed by atoms with Crippen molar-refractivity contribution in [2.75, 3.05) is 77.0 Å². The largest absolute Gasteiger partial charge is 0.490 e. The maximum atomic E-state index is 14.1. The van der Waals surface area contributed by atoms with E-state index in [2.05, 4.69) is 49.2 Å². The molecule has 2 saturated heterocycles. The van der Waals surface area contributed by atoms with E-state index in [1.165, 1.54) is 11.1 Å². The number of hydrogen-bond donors (Lipinski definition) is 2. The third-order valence-corrected chi connectivity index (χ3v) is 17.4. The molecule has 2 aromatic carbocycles. The summed E-state index contributed by atoms with van der Waals surface area (Å²) in [4.78, 5) is 35.6. The Morgan fingerprint density at radius 1 is 1.02 bits per heavy atom. The second kappa shape index (κ2) is 16.4. The van der Waals surface area contributed by atoms with Crippen LogP contribution in [0.2, 0.25) is 5.02 Å². The third kappa shape index (κ3) is 8.53. The molecule has 10 nitrogen and oxygen atoms in total. The Labute approximate surface area is 345 Å². The number of amides is 1. The molecule has 8 atom stereocenters. The van der Waals surface area contributed by atoms with Crippen LogP contribution in [0.5, 0.6) is 5.75 Å². The molecule has 8 rings (SSSR count). The van der Waals surface area contributed by atoms with Crippen LogP contribution in [0.25, 0.3) is 0 Å². The molecule has 312 valence electrons. The highest BCUT2D eigenvalue weighted by molar-refractivity contribution is 7.99. The molecule has 2 N–H and O–H groups in total. The number of carbonyl (C=O) groups is 2. The lowest BCUT2D eigenvalue weighted by molar-refractivity contribution is -0.119. The van der Waals surface area contributed by atoms with Gasteiger partial charge in [0.15, 0.2) is 0 Å². The quantitative estimate of drug-likeness (QED) is 0.383. The summed E-state index contributed by atoms with van der Waals surface area (Å²) >= 11 is 6.53. The van der Waals surface area contributed by atoms with Crippen molar-refractivity contribution >= 4 is 44.6 Å². The van der Waals surface area contributed by atoms with E-state index in [1.54, 1.807) is 13.0 Å². The van der Waals surface area contributed by atoms with Gasteiger partial charge in [-0.2, -0.15) is 0 Å². The van der Waals surface area contributed by atoms with Gasteiger partial charge >= 0.3 is 0 Å². The number of hydrogen-bond acceptors (Lipinski definition) is 9. The Hall–Kier alpha value is -2.67. The summed E-state index contributed by atoms with van der Waals surface area (Å²) in [6.45, 7) is 15.0. The zero-order chi connectivity index (χ0) is 40.1. The number of aliphatic hydroxyl groups is 1. The summed E-state index contributed by atoms with van der Waals surface area (Å²) < 4.78 is 23.7. The molecule has 12 heteroatoms. The van der Waals surface area contributed by atoms with E-state index >= 15 is 0 Å². The van der Waals surface area contributed by atoms with Crippen molar-refractivity contribution in [2.24, 2.45) is 17.8 Å². The molecule has 1 spiro atoms. The van der Waals surface area contributed by atoms with Gasteiger partial charge in [0.2, 0.25) is 0 Å². The molecule has 4 heterocycles. The number of β-amino-alcohol motifs (C(OH)–C–C–N with tert-alkyl or cyclic N) is 1. The number of aryl methyl sites for hydroxylation is 1. The minimum atomic E-state index is -2.97. The fourth-order valence-corrected chi connectivity index (χ4v) is 12.9. The minimum Gasteiger partial charge on any atom is -0.490 e. The lowest BCUT2D eigenvalue weighted by Crippen LogP contribution is -2.64. The smallest absolute Gasteiger partial charge is 0.262 e. The number of carbonyl (C=O) groups excluding carboxylic acids is 2. The Balaban J connectivity index is 1.11. The lowest BCUT2D eigenvalue weighted by atomic mass is 9.62. The average molecular weight is 823 g/mol. The van der Waals surface area contributed by atoms with Crippen LogP contribution in [-0.2, 0) is 26.3 Å². The predicted octanol–water partition coefficient (Wildman–Crippen LogP) is 5.42. The predicted molar refractivity (Wildman–Crippen MR) is 230 cm³/mol. The van der Waals surface area contributed by atoms with E-state index in [0.29, 0.717) is 37.6 Å². The number of nitrogens with zero attached hydrogens (tertiary/aromatic N) is 4. The maximum absolute atomic E-state index is 14.1. The molecule has 1 amide bonds. The molecule has 4 aliphatic heterocycles. The SMILES string of the molecule is C=S1(=O)NC(=O)c2ccc3c(c2)N(C[C@@H]2CC[C@H]2[C@@](O)(CN2CCN4CCN(CCC(C)=O)C[C@@H]4C2)CCC[C@H](C)[C@H]1C)C[C@@]1(CCCc2cc(Cl)ccc21)CO3. The number of nitrogens with one attached hydrogen (secondary N) is 1. The number of fused-ring (bicyclic) bond motifs is 5. The topological polar surface area (TPSA) is 106 Å². The lowest BCUT2D eigenvalue weighted by Gasteiger charge is -2.53. The van der Waals surface area contributed by atoms with Crippen molar-refractivity contribution < 1.29 is 23.6 Å². The fraction of sp³-hybridized carbons (Fsp3) is 0.667. The molecule has 2 bridgehead atoms. The zero-order valence-electron chi connectivity index (χ0n) is 34.4. The number of halogens is 1. The van der Waals surface area contributed by atoms with Crippen molar-refractivity contribution in [1.29, 1.82) is 0 Å². The normalized spacial score (nSPS) is 35.5. The second-order valence-corrected chi connectivity index (χ2v) is 21.6. The van der Waals surface area contributed by atoms with Gasteiger partial charge in [0.1, 0.15) is 11.5 Å². The first-order valence-corrected chi connectivity index (χ1v) is 23.8. The molecule has 57 heavy (non-hydrogen) atoms. The van der Waals surface area contributed by atoms with Gasteiger partial charge in [-0.25, -0.2) is 4.21 Å².